The number of nitrogens with zero attached hydrogens (tertiary/aromatic N) is 2. The number of hydrogen-bond acceptors (Lipinski definition) is 3. The minimum atomic E-state index is 0.0103. The van der Waals surface area contributed by atoms with E-state index in [1.807, 2.05) is 0 Å². The van der Waals surface area contributed by atoms with Gasteiger partial charge in [-0.3, -0.25) is 4.98 Å². The number of hydrogen-bond donors (Lipinski definition) is 1. The van der Waals surface area contributed by atoms with Crippen molar-refractivity contribution in [3.63, 3.8) is 0 Å². The van der Waals surface area contributed by atoms with Crippen LogP contribution in [0.15, 0.2) is 26.5 Å². The molecule has 0 amide bonds. The van der Waals surface area contributed by atoms with Crippen LogP contribution in [0.5, 0.6) is 0 Å². The first kappa shape index (κ1) is 9.95. The molecule has 1 aromatic heterocycles. The van der Waals surface area contributed by atoms with Crippen molar-refractivity contribution in [2.75, 3.05) is 0 Å². The fraction of sp³-hybridized carbons (Fsp3) is 0. The first-order valence-corrected chi connectivity index (χ1v) is 4.80. The summed E-state index contributed by atoms with van der Waals surface area (Å²) in [7, 11) is 0. The van der Waals surface area contributed by atoms with Gasteiger partial charge in [-0.2, -0.15) is 0 Å². The van der Waals surface area contributed by atoms with Gasteiger partial charge in [-0.1, -0.05) is 16.8 Å². The van der Waals surface area contributed by atoms with Crippen molar-refractivity contribution in [2.45, 2.75) is 0 Å². The molecule has 0 aliphatic heterocycles. The van der Waals surface area contributed by atoms with E-state index >= 15 is 0 Å². The molecule has 1 heterocycles. The Labute approximate surface area is 90.7 Å². The van der Waals surface area contributed by atoms with Crippen molar-refractivity contribution in [1.82, 2.24) is 4.98 Å². The van der Waals surface area contributed by atoms with Gasteiger partial charge in [0, 0.05) is 26.9 Å². The van der Waals surface area contributed by atoms with E-state index in [0.717, 1.165) is 0 Å². The third kappa shape index (κ3) is 1.97. The summed E-state index contributed by atoms with van der Waals surface area (Å²) in [6, 6.07) is 0. The minimum absolute atomic E-state index is 0.0103. The third-order valence-corrected chi connectivity index (χ3v) is 2.61. The van der Waals surface area contributed by atoms with Crippen LogP contribution in [-0.2, 0) is 0 Å². The second-order valence-electron chi connectivity index (χ2n) is 1.87. The molecule has 0 spiro atoms. The molecule has 0 fully saturated rings. The average molecular weight is 314 g/mol. The van der Waals surface area contributed by atoms with Crippen LogP contribution in [0.2, 0.25) is 0 Å². The van der Waals surface area contributed by atoms with Gasteiger partial charge in [0.25, 0.3) is 0 Å². The van der Waals surface area contributed by atoms with Gasteiger partial charge >= 0.3 is 0 Å². The van der Waals surface area contributed by atoms with Crippen LogP contribution in [0.1, 0.15) is 5.56 Å². The summed E-state index contributed by atoms with van der Waals surface area (Å²) >= 11 is 12.1. The van der Waals surface area contributed by atoms with Gasteiger partial charge in [-0.15, -0.1) is 0 Å². The molecule has 0 aliphatic rings. The van der Waals surface area contributed by atoms with Crippen LogP contribution in [0.4, 0.5) is 0 Å². The van der Waals surface area contributed by atoms with E-state index in [2.05, 4.69) is 42.0 Å². The molecule has 1 aromatic rings. The Morgan fingerprint density at radius 1 is 1.42 bits per heavy atom. The summed E-state index contributed by atoms with van der Waals surface area (Å²) in [4.78, 5) is 3.87. The third-order valence-electron chi connectivity index (χ3n) is 1.15. The summed E-state index contributed by atoms with van der Waals surface area (Å²) in [5.41, 5.74) is 0.578. The van der Waals surface area contributed by atoms with Gasteiger partial charge in [0.1, 0.15) is 0 Å². The lowest BCUT2D eigenvalue weighted by Gasteiger charge is -2.01. The van der Waals surface area contributed by atoms with Crippen molar-refractivity contribution in [1.29, 1.82) is 0 Å². The molecule has 0 aromatic carbocycles. The second kappa shape index (κ2) is 4.20. The van der Waals surface area contributed by atoms with E-state index in [4.69, 9.17) is 16.8 Å². The molecule has 3 nitrogen and oxygen atoms in total. The van der Waals surface area contributed by atoms with E-state index in [1.54, 1.807) is 12.4 Å². The van der Waals surface area contributed by atoms with Crippen molar-refractivity contribution < 1.29 is 5.21 Å². The monoisotopic (exact) mass is 312 g/mol. The quantitative estimate of drug-likeness (QED) is 0.492. The predicted octanol–water partition coefficient (Wildman–Crippen LogP) is 2.98. The molecule has 6 heteroatoms. The van der Waals surface area contributed by atoms with Crippen LogP contribution in [0.3, 0.4) is 0 Å². The van der Waals surface area contributed by atoms with Crippen molar-refractivity contribution in [3.05, 3.63) is 26.9 Å². The van der Waals surface area contributed by atoms with Crippen molar-refractivity contribution in [3.8, 4) is 0 Å². The normalized spacial score (nSPS) is 11.8. The lowest BCUT2D eigenvalue weighted by molar-refractivity contribution is 0.321. The molecule has 1 rings (SSSR count). The van der Waals surface area contributed by atoms with Crippen LogP contribution >= 0.6 is 43.5 Å². The Hall–Kier alpha value is -0.130. The molecular weight excluding hydrogens is 311 g/mol. The lowest BCUT2D eigenvalue weighted by atomic mass is 10.3. The zero-order chi connectivity index (χ0) is 9.14. The second-order valence-corrected chi connectivity index (χ2v) is 3.94. The highest BCUT2D eigenvalue weighted by Crippen LogP contribution is 2.25. The number of pyridine rings is 1. The molecule has 64 valence electrons. The first-order chi connectivity index (χ1) is 5.66. The molecule has 1 N–H and O–H groups in total. The Morgan fingerprint density at radius 3 is 2.33 bits per heavy atom. The van der Waals surface area contributed by atoms with Gasteiger partial charge < -0.3 is 5.21 Å². The molecule has 0 radical (unpaired) electrons. The fourth-order valence-electron chi connectivity index (χ4n) is 0.658. The van der Waals surface area contributed by atoms with Gasteiger partial charge in [0.15, 0.2) is 5.17 Å². The van der Waals surface area contributed by atoms with Crippen LogP contribution in [-0.4, -0.2) is 15.4 Å². The zero-order valence-corrected chi connectivity index (χ0v) is 9.56. The molecule has 0 unspecified atom stereocenters. The highest BCUT2D eigenvalue weighted by Gasteiger charge is 2.10. The van der Waals surface area contributed by atoms with E-state index in [1.165, 1.54) is 0 Å². The Bertz CT molecular complexity index is 309. The molecule has 0 saturated heterocycles. The molecular formula is C6H3Br2ClN2O. The predicted molar refractivity (Wildman–Crippen MR) is 53.8 cm³/mol. The average Bonchev–Trinajstić information content (AvgIpc) is 2.03. The Kier molecular flexibility index (Phi) is 3.49. The maximum Gasteiger partial charge on any atom is 0.177 e. The van der Waals surface area contributed by atoms with Crippen LogP contribution in [0, 0.1) is 0 Å². The minimum Gasteiger partial charge on any atom is -0.410 e. The molecule has 0 saturated carbocycles. The van der Waals surface area contributed by atoms with E-state index < -0.39 is 0 Å². The summed E-state index contributed by atoms with van der Waals surface area (Å²) in [5, 5.41) is 11.3. The summed E-state index contributed by atoms with van der Waals surface area (Å²) in [6.45, 7) is 0. The SMILES string of the molecule is ON=C(Cl)c1c(Br)cncc1Br. The number of halogens is 3. The molecule has 12 heavy (non-hydrogen) atoms. The fourth-order valence-corrected chi connectivity index (χ4v) is 2.40. The van der Waals surface area contributed by atoms with Crippen molar-refractivity contribution >= 4 is 48.6 Å². The highest BCUT2D eigenvalue weighted by atomic mass is 79.9. The van der Waals surface area contributed by atoms with Gasteiger partial charge in [-0.25, -0.2) is 0 Å². The van der Waals surface area contributed by atoms with Crippen molar-refractivity contribution in [2.24, 2.45) is 5.16 Å². The largest absolute Gasteiger partial charge is 0.410 e. The standard InChI is InChI=1S/C6H3Br2ClN2O/c7-3-1-10-2-4(8)5(3)6(9)11-12/h1-2,12H. The highest BCUT2D eigenvalue weighted by molar-refractivity contribution is 9.11. The molecule has 0 aliphatic carbocycles. The van der Waals surface area contributed by atoms with Crippen LogP contribution < -0.4 is 0 Å². The van der Waals surface area contributed by atoms with E-state index in [0.29, 0.717) is 14.5 Å². The topological polar surface area (TPSA) is 45.5 Å². The zero-order valence-electron chi connectivity index (χ0n) is 5.63. The summed E-state index contributed by atoms with van der Waals surface area (Å²) in [5.74, 6) is 0. The van der Waals surface area contributed by atoms with Gasteiger partial charge in [-0.05, 0) is 31.9 Å². The molecule has 0 atom stereocenters. The number of aromatic nitrogens is 1. The first-order valence-electron chi connectivity index (χ1n) is 2.83. The van der Waals surface area contributed by atoms with Gasteiger partial charge in [0.2, 0.25) is 0 Å². The summed E-state index contributed by atoms with van der Waals surface area (Å²) < 4.78 is 1.33. The maximum absolute atomic E-state index is 8.43. The van der Waals surface area contributed by atoms with Gasteiger partial charge in [0.05, 0.1) is 0 Å². The van der Waals surface area contributed by atoms with E-state index in [-0.39, 0.29) is 5.17 Å². The van der Waals surface area contributed by atoms with Crippen LogP contribution in [0.25, 0.3) is 0 Å². The van der Waals surface area contributed by atoms with E-state index in [9.17, 15) is 0 Å². The Balaban J connectivity index is 3.31. The number of rotatable bonds is 1. The Morgan fingerprint density at radius 2 is 1.92 bits per heavy atom. The summed E-state index contributed by atoms with van der Waals surface area (Å²) in [6.07, 6.45) is 3.13. The molecule has 0 bridgehead atoms. The number of oxime groups is 1. The maximum atomic E-state index is 8.43. The lowest BCUT2D eigenvalue weighted by Crippen LogP contribution is -1.95. The smallest absolute Gasteiger partial charge is 0.177 e.